The summed E-state index contributed by atoms with van der Waals surface area (Å²) in [5.74, 6) is 0.619. The third-order valence-corrected chi connectivity index (χ3v) is 1.34. The molecule has 9 heavy (non-hydrogen) atoms. The minimum absolute atomic E-state index is 0.619. The molecule has 0 atom stereocenters. The van der Waals surface area contributed by atoms with Crippen molar-refractivity contribution in [1.29, 1.82) is 0 Å². The summed E-state index contributed by atoms with van der Waals surface area (Å²) in [4.78, 5) is 4.01. The molecule has 0 saturated heterocycles. The molecule has 0 aliphatic heterocycles. The van der Waals surface area contributed by atoms with Crippen molar-refractivity contribution in [3.05, 3.63) is 11.8 Å². The zero-order chi connectivity index (χ0) is 7.28. The smallest absolute Gasteiger partial charge is 0.0255 e. The number of nitrogens with zero attached hydrogens (tertiary/aromatic N) is 1. The molecular formula is C8H15N. The van der Waals surface area contributed by atoms with Crippen LogP contribution in [0.2, 0.25) is 0 Å². The zero-order valence-corrected chi connectivity index (χ0v) is 6.68. The van der Waals surface area contributed by atoms with E-state index >= 15 is 0 Å². The van der Waals surface area contributed by atoms with Crippen LogP contribution in [0.3, 0.4) is 0 Å². The van der Waals surface area contributed by atoms with Gasteiger partial charge in [-0.2, -0.15) is 0 Å². The van der Waals surface area contributed by atoms with Gasteiger partial charge in [-0.1, -0.05) is 19.4 Å². The molecular weight excluding hydrogens is 110 g/mol. The molecule has 0 N–H and O–H groups in total. The highest BCUT2D eigenvalue weighted by Gasteiger charge is 1.92. The molecule has 52 valence electrons. The second kappa shape index (κ2) is 4.30. The highest BCUT2D eigenvalue weighted by Crippen LogP contribution is 2.06. The van der Waals surface area contributed by atoms with Gasteiger partial charge >= 0.3 is 0 Å². The van der Waals surface area contributed by atoms with Gasteiger partial charge in [0, 0.05) is 12.4 Å². The van der Waals surface area contributed by atoms with E-state index < -0.39 is 0 Å². The summed E-state index contributed by atoms with van der Waals surface area (Å²) in [6.07, 6.45) is 3.70. The molecule has 0 unspecified atom stereocenters. The molecule has 1 nitrogen and oxygen atoms in total. The average molecular weight is 125 g/mol. The highest BCUT2D eigenvalue weighted by molar-refractivity contribution is 5.54. The summed E-state index contributed by atoms with van der Waals surface area (Å²) in [6.45, 7) is 8.34. The summed E-state index contributed by atoms with van der Waals surface area (Å²) in [5.41, 5.74) is 1.33. The maximum Gasteiger partial charge on any atom is 0.0255 e. The van der Waals surface area contributed by atoms with Crippen molar-refractivity contribution in [3.8, 4) is 0 Å². The van der Waals surface area contributed by atoms with Gasteiger partial charge in [0.25, 0.3) is 0 Å². The normalized spacial score (nSPS) is 13.7. The van der Waals surface area contributed by atoms with Gasteiger partial charge in [0.2, 0.25) is 0 Å². The summed E-state index contributed by atoms with van der Waals surface area (Å²) >= 11 is 0. The van der Waals surface area contributed by atoms with Crippen molar-refractivity contribution in [2.75, 3.05) is 0 Å². The Balaban J connectivity index is 3.84. The number of hydrogen-bond donors (Lipinski definition) is 0. The number of rotatable bonds is 2. The Morgan fingerprint density at radius 3 is 2.33 bits per heavy atom. The van der Waals surface area contributed by atoms with Crippen LogP contribution in [0.15, 0.2) is 16.8 Å². The molecule has 0 aromatic heterocycles. The van der Waals surface area contributed by atoms with Crippen LogP contribution in [0.5, 0.6) is 0 Å². The van der Waals surface area contributed by atoms with Crippen LogP contribution in [-0.2, 0) is 0 Å². The van der Waals surface area contributed by atoms with Crippen molar-refractivity contribution in [2.45, 2.75) is 27.7 Å². The molecule has 0 aromatic carbocycles. The molecule has 0 aliphatic carbocycles. The molecule has 0 bridgehead atoms. The van der Waals surface area contributed by atoms with Crippen molar-refractivity contribution in [1.82, 2.24) is 0 Å². The first kappa shape index (κ1) is 8.41. The number of aliphatic imine (C=N–C) groups is 1. The number of allylic oxidation sites excluding steroid dienone is 1. The molecule has 0 amide bonds. The van der Waals surface area contributed by atoms with Gasteiger partial charge in [-0.3, -0.25) is 4.99 Å². The maximum atomic E-state index is 4.01. The fourth-order valence-corrected chi connectivity index (χ4v) is 0.341. The lowest BCUT2D eigenvalue weighted by Crippen LogP contribution is -1.86. The first-order valence-corrected chi connectivity index (χ1v) is 3.33. The van der Waals surface area contributed by atoms with Crippen molar-refractivity contribution >= 4 is 6.21 Å². The molecule has 0 radical (unpaired) electrons. The lowest BCUT2D eigenvalue weighted by atomic mass is 10.1. The Morgan fingerprint density at radius 1 is 1.44 bits per heavy atom. The van der Waals surface area contributed by atoms with Crippen LogP contribution in [0.1, 0.15) is 27.7 Å². The zero-order valence-electron chi connectivity index (χ0n) is 6.68. The van der Waals surface area contributed by atoms with Crippen LogP contribution in [-0.4, -0.2) is 6.21 Å². The molecule has 0 saturated carbocycles. The van der Waals surface area contributed by atoms with E-state index in [-0.39, 0.29) is 0 Å². The highest BCUT2D eigenvalue weighted by atomic mass is 14.7. The van der Waals surface area contributed by atoms with E-state index in [2.05, 4.69) is 25.8 Å². The average Bonchev–Trinajstić information content (AvgIpc) is 1.82. The summed E-state index contributed by atoms with van der Waals surface area (Å²) < 4.78 is 0. The van der Waals surface area contributed by atoms with Crippen molar-refractivity contribution in [3.63, 3.8) is 0 Å². The van der Waals surface area contributed by atoms with Gasteiger partial charge in [-0.25, -0.2) is 0 Å². The molecule has 0 spiro atoms. The largest absolute Gasteiger partial charge is 0.269 e. The third-order valence-electron chi connectivity index (χ3n) is 1.34. The fraction of sp³-hybridized carbons (Fsp3) is 0.625. The Kier molecular flexibility index (Phi) is 4.02. The van der Waals surface area contributed by atoms with E-state index in [0.717, 1.165) is 0 Å². The fourth-order valence-electron chi connectivity index (χ4n) is 0.341. The van der Waals surface area contributed by atoms with E-state index in [4.69, 9.17) is 0 Å². The van der Waals surface area contributed by atoms with Crippen LogP contribution in [0.25, 0.3) is 0 Å². The van der Waals surface area contributed by atoms with Gasteiger partial charge in [0.15, 0.2) is 0 Å². The lowest BCUT2D eigenvalue weighted by Gasteiger charge is -2.00. The van der Waals surface area contributed by atoms with Gasteiger partial charge in [-0.05, 0) is 19.8 Å². The first-order valence-electron chi connectivity index (χ1n) is 3.33. The monoisotopic (exact) mass is 125 g/mol. The van der Waals surface area contributed by atoms with E-state index in [1.807, 2.05) is 13.1 Å². The molecule has 0 aromatic rings. The molecule has 0 fully saturated rings. The molecule has 0 heterocycles. The predicted molar refractivity (Wildman–Crippen MR) is 42.8 cm³/mol. The summed E-state index contributed by atoms with van der Waals surface area (Å²) in [6, 6.07) is 0. The van der Waals surface area contributed by atoms with Crippen LogP contribution < -0.4 is 0 Å². The van der Waals surface area contributed by atoms with Crippen molar-refractivity contribution in [2.24, 2.45) is 10.9 Å². The Hall–Kier alpha value is -0.590. The predicted octanol–water partition coefficient (Wildman–Crippen LogP) is 2.64. The minimum Gasteiger partial charge on any atom is -0.269 e. The van der Waals surface area contributed by atoms with Gasteiger partial charge < -0.3 is 0 Å². The lowest BCUT2D eigenvalue weighted by molar-refractivity contribution is 0.766. The second-order valence-corrected chi connectivity index (χ2v) is 2.44. The Morgan fingerprint density at radius 2 is 2.00 bits per heavy atom. The van der Waals surface area contributed by atoms with E-state index in [0.29, 0.717) is 5.92 Å². The Labute approximate surface area is 57.5 Å². The quantitative estimate of drug-likeness (QED) is 0.503. The van der Waals surface area contributed by atoms with E-state index in [1.165, 1.54) is 5.57 Å². The second-order valence-electron chi connectivity index (χ2n) is 2.44. The standard InChI is InChI=1S/C8H15N/c1-5-9-6-8(4)7(2)3/h5-7H,1-4H3/b8-6+,9-5?. The topological polar surface area (TPSA) is 12.4 Å². The first-order chi connectivity index (χ1) is 4.18. The number of hydrogen-bond acceptors (Lipinski definition) is 1. The molecule has 0 rings (SSSR count). The summed E-state index contributed by atoms with van der Waals surface area (Å²) in [7, 11) is 0. The minimum atomic E-state index is 0.619. The van der Waals surface area contributed by atoms with Crippen LogP contribution >= 0.6 is 0 Å². The summed E-state index contributed by atoms with van der Waals surface area (Å²) in [5, 5.41) is 0. The third kappa shape index (κ3) is 3.95. The van der Waals surface area contributed by atoms with E-state index in [1.54, 1.807) is 6.21 Å². The van der Waals surface area contributed by atoms with Gasteiger partial charge in [0.1, 0.15) is 0 Å². The van der Waals surface area contributed by atoms with E-state index in [9.17, 15) is 0 Å². The SMILES string of the molecule is CC=N/C=C(\C)C(C)C. The van der Waals surface area contributed by atoms with Crippen LogP contribution in [0, 0.1) is 5.92 Å². The Bertz CT molecular complexity index is 121. The maximum absolute atomic E-state index is 4.01. The molecule has 1 heteroatoms. The molecule has 0 aliphatic rings. The van der Waals surface area contributed by atoms with Gasteiger partial charge in [0.05, 0.1) is 0 Å². The van der Waals surface area contributed by atoms with Gasteiger partial charge in [-0.15, -0.1) is 0 Å². The van der Waals surface area contributed by atoms with Crippen molar-refractivity contribution < 1.29 is 0 Å². The van der Waals surface area contributed by atoms with Crippen LogP contribution in [0.4, 0.5) is 0 Å².